The second-order valence-corrected chi connectivity index (χ2v) is 8.53. The molecule has 0 fully saturated rings. The molecule has 2 aromatic rings. The van der Waals surface area contributed by atoms with Gasteiger partial charge in [-0.25, -0.2) is 4.79 Å². The zero-order valence-corrected chi connectivity index (χ0v) is 19.8. The average molecular weight is 441 g/mol. The second kappa shape index (κ2) is 12.2. The summed E-state index contributed by atoms with van der Waals surface area (Å²) in [7, 11) is 0. The Bertz CT molecular complexity index is 872. The summed E-state index contributed by atoms with van der Waals surface area (Å²) in [6.45, 7) is 14.5. The van der Waals surface area contributed by atoms with E-state index in [2.05, 4.69) is 34.7 Å². The highest BCUT2D eigenvalue weighted by Crippen LogP contribution is 2.23. The Morgan fingerprint density at radius 3 is 2.06 bits per heavy atom. The number of para-hydroxylation sites is 2. The third kappa shape index (κ3) is 8.69. The molecular weight excluding hydrogens is 404 g/mol. The summed E-state index contributed by atoms with van der Waals surface area (Å²) in [5, 5.41) is 8.99. The SMILES string of the molecule is CCN(CC)CCNCc1ccc(C(=O)Nc2ccccc2NC(=O)OC(C)(C)C)cc1. The lowest BCUT2D eigenvalue weighted by Crippen LogP contribution is -2.31. The molecular formula is C25H36N4O3. The minimum atomic E-state index is -0.607. The van der Waals surface area contributed by atoms with E-state index in [0.717, 1.165) is 38.3 Å². The fourth-order valence-electron chi connectivity index (χ4n) is 3.09. The molecule has 0 bridgehead atoms. The zero-order valence-electron chi connectivity index (χ0n) is 19.8. The molecule has 0 saturated carbocycles. The first-order chi connectivity index (χ1) is 15.2. The van der Waals surface area contributed by atoms with Crippen molar-refractivity contribution in [3.8, 4) is 0 Å². The molecule has 2 amide bonds. The van der Waals surface area contributed by atoms with Crippen LogP contribution in [0, 0.1) is 0 Å². The summed E-state index contributed by atoms with van der Waals surface area (Å²) >= 11 is 0. The van der Waals surface area contributed by atoms with E-state index in [-0.39, 0.29) is 5.91 Å². The number of nitrogens with zero attached hydrogens (tertiary/aromatic N) is 1. The van der Waals surface area contributed by atoms with Crippen molar-refractivity contribution < 1.29 is 14.3 Å². The number of carbonyl (C=O) groups excluding carboxylic acids is 2. The molecule has 2 aromatic carbocycles. The quantitative estimate of drug-likeness (QED) is 0.466. The van der Waals surface area contributed by atoms with Gasteiger partial charge >= 0.3 is 6.09 Å². The van der Waals surface area contributed by atoms with Crippen LogP contribution >= 0.6 is 0 Å². The first-order valence-electron chi connectivity index (χ1n) is 11.1. The predicted octanol–water partition coefficient (Wildman–Crippen LogP) is 4.72. The van der Waals surface area contributed by atoms with Crippen molar-refractivity contribution in [1.82, 2.24) is 10.2 Å². The van der Waals surface area contributed by atoms with Crippen molar-refractivity contribution in [2.45, 2.75) is 46.8 Å². The van der Waals surface area contributed by atoms with Gasteiger partial charge in [0.05, 0.1) is 11.4 Å². The van der Waals surface area contributed by atoms with E-state index >= 15 is 0 Å². The van der Waals surface area contributed by atoms with Gasteiger partial charge in [-0.1, -0.05) is 38.1 Å². The molecule has 174 valence electrons. The summed E-state index contributed by atoms with van der Waals surface area (Å²) < 4.78 is 5.29. The van der Waals surface area contributed by atoms with Crippen LogP contribution in [-0.4, -0.2) is 48.7 Å². The molecule has 0 atom stereocenters. The van der Waals surface area contributed by atoms with Gasteiger partial charge in [0.25, 0.3) is 5.91 Å². The van der Waals surface area contributed by atoms with E-state index in [1.807, 2.05) is 12.1 Å². The number of nitrogens with one attached hydrogen (secondary N) is 3. The summed E-state index contributed by atoms with van der Waals surface area (Å²) in [6, 6.07) is 14.5. The Morgan fingerprint density at radius 1 is 0.906 bits per heavy atom. The Hall–Kier alpha value is -2.90. The number of carbonyl (C=O) groups is 2. The molecule has 7 nitrogen and oxygen atoms in total. The average Bonchev–Trinajstić information content (AvgIpc) is 2.74. The molecule has 3 N–H and O–H groups in total. The van der Waals surface area contributed by atoms with Crippen LogP contribution in [0.15, 0.2) is 48.5 Å². The molecule has 0 heterocycles. The van der Waals surface area contributed by atoms with Crippen molar-refractivity contribution in [2.24, 2.45) is 0 Å². The highest BCUT2D eigenvalue weighted by molar-refractivity contribution is 6.06. The fraction of sp³-hybridized carbons (Fsp3) is 0.440. The monoisotopic (exact) mass is 440 g/mol. The van der Waals surface area contributed by atoms with Crippen LogP contribution in [-0.2, 0) is 11.3 Å². The number of hydrogen-bond acceptors (Lipinski definition) is 5. The zero-order chi connectivity index (χ0) is 23.6. The van der Waals surface area contributed by atoms with E-state index in [0.29, 0.717) is 16.9 Å². The number of ether oxygens (including phenoxy) is 1. The van der Waals surface area contributed by atoms with Crippen LogP contribution in [0.3, 0.4) is 0 Å². The van der Waals surface area contributed by atoms with E-state index in [4.69, 9.17) is 4.74 Å². The number of benzene rings is 2. The van der Waals surface area contributed by atoms with Crippen molar-refractivity contribution in [3.05, 3.63) is 59.7 Å². The lowest BCUT2D eigenvalue weighted by molar-refractivity contribution is 0.0635. The summed E-state index contributed by atoms with van der Waals surface area (Å²) in [5.41, 5.74) is 2.04. The number of amides is 2. The van der Waals surface area contributed by atoms with Gasteiger partial charge in [0.15, 0.2) is 0 Å². The molecule has 0 spiro atoms. The third-order valence-electron chi connectivity index (χ3n) is 4.86. The van der Waals surface area contributed by atoms with Crippen LogP contribution < -0.4 is 16.0 Å². The predicted molar refractivity (Wildman–Crippen MR) is 130 cm³/mol. The van der Waals surface area contributed by atoms with E-state index in [9.17, 15) is 9.59 Å². The van der Waals surface area contributed by atoms with Gasteiger partial charge in [-0.3, -0.25) is 10.1 Å². The van der Waals surface area contributed by atoms with E-state index < -0.39 is 11.7 Å². The number of anilines is 2. The maximum absolute atomic E-state index is 12.7. The molecule has 0 aliphatic carbocycles. The second-order valence-electron chi connectivity index (χ2n) is 8.53. The molecule has 0 aromatic heterocycles. The largest absolute Gasteiger partial charge is 0.444 e. The highest BCUT2D eigenvalue weighted by Gasteiger charge is 2.17. The summed E-state index contributed by atoms with van der Waals surface area (Å²) in [6.07, 6.45) is -0.572. The topological polar surface area (TPSA) is 82.7 Å². The first kappa shape index (κ1) is 25.4. The highest BCUT2D eigenvalue weighted by atomic mass is 16.6. The molecule has 0 radical (unpaired) electrons. The molecule has 7 heteroatoms. The standard InChI is InChI=1S/C25H36N4O3/c1-6-29(7-2)17-16-26-18-19-12-14-20(15-13-19)23(30)27-21-10-8-9-11-22(21)28-24(31)32-25(3,4)5/h8-15,26H,6-7,16-18H2,1-5H3,(H,27,30)(H,28,31). The Balaban J connectivity index is 1.92. The van der Waals surface area contributed by atoms with Gasteiger partial charge in [-0.15, -0.1) is 0 Å². The van der Waals surface area contributed by atoms with Gasteiger partial charge in [0.1, 0.15) is 5.60 Å². The van der Waals surface area contributed by atoms with Gasteiger partial charge in [0, 0.05) is 25.2 Å². The van der Waals surface area contributed by atoms with Crippen molar-refractivity contribution in [2.75, 3.05) is 36.8 Å². The van der Waals surface area contributed by atoms with Gasteiger partial charge in [-0.05, 0) is 63.7 Å². The van der Waals surface area contributed by atoms with Crippen LogP contribution in [0.4, 0.5) is 16.2 Å². The third-order valence-corrected chi connectivity index (χ3v) is 4.86. The first-order valence-corrected chi connectivity index (χ1v) is 11.1. The smallest absolute Gasteiger partial charge is 0.412 e. The van der Waals surface area contributed by atoms with Gasteiger partial charge < -0.3 is 20.3 Å². The molecule has 32 heavy (non-hydrogen) atoms. The summed E-state index contributed by atoms with van der Waals surface area (Å²) in [4.78, 5) is 27.2. The molecule has 2 rings (SSSR count). The van der Waals surface area contributed by atoms with Crippen molar-refractivity contribution in [3.63, 3.8) is 0 Å². The van der Waals surface area contributed by atoms with Crippen LogP contribution in [0.5, 0.6) is 0 Å². The molecule has 0 unspecified atom stereocenters. The van der Waals surface area contributed by atoms with Gasteiger partial charge in [0.2, 0.25) is 0 Å². The number of hydrogen-bond donors (Lipinski definition) is 3. The van der Waals surface area contributed by atoms with E-state index in [1.54, 1.807) is 57.2 Å². The number of likely N-dealkylation sites (N-methyl/N-ethyl adjacent to an activating group) is 1. The van der Waals surface area contributed by atoms with Crippen molar-refractivity contribution >= 4 is 23.4 Å². The Morgan fingerprint density at radius 2 is 1.50 bits per heavy atom. The molecule has 0 saturated heterocycles. The van der Waals surface area contributed by atoms with E-state index in [1.165, 1.54) is 0 Å². The minimum absolute atomic E-state index is 0.246. The Labute approximate surface area is 191 Å². The lowest BCUT2D eigenvalue weighted by atomic mass is 10.1. The maximum atomic E-state index is 12.7. The Kier molecular flexibility index (Phi) is 9.68. The van der Waals surface area contributed by atoms with Crippen LogP contribution in [0.1, 0.15) is 50.5 Å². The van der Waals surface area contributed by atoms with Crippen molar-refractivity contribution in [1.29, 1.82) is 0 Å². The molecule has 0 aliphatic heterocycles. The minimum Gasteiger partial charge on any atom is -0.444 e. The number of rotatable bonds is 10. The molecule has 0 aliphatic rings. The van der Waals surface area contributed by atoms with Gasteiger partial charge in [-0.2, -0.15) is 0 Å². The normalized spacial score (nSPS) is 11.3. The van der Waals surface area contributed by atoms with Crippen LogP contribution in [0.25, 0.3) is 0 Å². The fourth-order valence-corrected chi connectivity index (χ4v) is 3.09. The lowest BCUT2D eigenvalue weighted by Gasteiger charge is -2.20. The summed E-state index contributed by atoms with van der Waals surface area (Å²) in [5.74, 6) is -0.246. The maximum Gasteiger partial charge on any atom is 0.412 e. The van der Waals surface area contributed by atoms with Crippen LogP contribution in [0.2, 0.25) is 0 Å².